The van der Waals surface area contributed by atoms with Crippen LogP contribution in [0.3, 0.4) is 0 Å². The highest BCUT2D eigenvalue weighted by Crippen LogP contribution is 2.36. The van der Waals surface area contributed by atoms with Crippen LogP contribution in [0.25, 0.3) is 11.1 Å². The van der Waals surface area contributed by atoms with Crippen LogP contribution in [0, 0.1) is 5.82 Å². The number of aliphatic hydroxyl groups is 1. The SMILES string of the molecule is CN=Cc1cc(-c2cc(F)c(CN3Cc4ncccc4C3=O)c(Cl)c2)cc(C(C)(C)O)c1N. The van der Waals surface area contributed by atoms with Gasteiger partial charge in [0, 0.05) is 46.9 Å². The number of aliphatic imine (C=N–C) groups is 1. The molecule has 2 aromatic carbocycles. The summed E-state index contributed by atoms with van der Waals surface area (Å²) in [5.41, 5.74) is 9.13. The molecule has 8 heteroatoms. The van der Waals surface area contributed by atoms with Crippen LogP contribution in [0.4, 0.5) is 10.1 Å². The second kappa shape index (κ2) is 8.57. The lowest BCUT2D eigenvalue weighted by molar-refractivity contribution is 0.0763. The summed E-state index contributed by atoms with van der Waals surface area (Å²) in [5, 5.41) is 10.8. The van der Waals surface area contributed by atoms with Crippen LogP contribution in [0.15, 0.2) is 47.6 Å². The van der Waals surface area contributed by atoms with Gasteiger partial charge in [-0.25, -0.2) is 4.39 Å². The maximum absolute atomic E-state index is 15.2. The first-order valence-electron chi connectivity index (χ1n) is 10.4. The number of nitrogens with zero attached hydrogens (tertiary/aromatic N) is 3. The molecule has 0 aliphatic carbocycles. The lowest BCUT2D eigenvalue weighted by Crippen LogP contribution is -2.24. The number of halogens is 2. The highest BCUT2D eigenvalue weighted by Gasteiger charge is 2.29. The van der Waals surface area contributed by atoms with Crippen molar-refractivity contribution in [2.24, 2.45) is 4.99 Å². The number of rotatable bonds is 5. The van der Waals surface area contributed by atoms with E-state index in [0.717, 1.165) is 0 Å². The average Bonchev–Trinajstić information content (AvgIpc) is 3.07. The quantitative estimate of drug-likeness (QED) is 0.426. The number of pyridine rings is 1. The lowest BCUT2D eigenvalue weighted by atomic mass is 9.90. The maximum atomic E-state index is 15.2. The Hall–Kier alpha value is -3.29. The van der Waals surface area contributed by atoms with E-state index in [2.05, 4.69) is 9.98 Å². The summed E-state index contributed by atoms with van der Waals surface area (Å²) in [6, 6.07) is 9.94. The molecule has 0 bridgehead atoms. The van der Waals surface area contributed by atoms with Crippen LogP contribution in [0.1, 0.15) is 46.6 Å². The van der Waals surface area contributed by atoms with Crippen molar-refractivity contribution in [3.05, 3.63) is 81.4 Å². The Bertz CT molecular complexity index is 1260. The van der Waals surface area contributed by atoms with E-state index in [-0.39, 0.29) is 23.0 Å². The molecular formula is C25H24ClFN4O2. The van der Waals surface area contributed by atoms with Crippen LogP contribution >= 0.6 is 11.6 Å². The average molecular weight is 467 g/mol. The van der Waals surface area contributed by atoms with Gasteiger partial charge in [-0.2, -0.15) is 0 Å². The monoisotopic (exact) mass is 466 g/mol. The van der Waals surface area contributed by atoms with Gasteiger partial charge in [0.2, 0.25) is 0 Å². The van der Waals surface area contributed by atoms with Gasteiger partial charge >= 0.3 is 0 Å². The zero-order valence-electron chi connectivity index (χ0n) is 18.6. The van der Waals surface area contributed by atoms with Gasteiger partial charge in [0.25, 0.3) is 5.91 Å². The highest BCUT2D eigenvalue weighted by molar-refractivity contribution is 6.31. The zero-order chi connectivity index (χ0) is 23.9. The smallest absolute Gasteiger partial charge is 0.256 e. The van der Waals surface area contributed by atoms with Gasteiger partial charge in [-0.1, -0.05) is 11.6 Å². The molecule has 3 aromatic rings. The molecule has 0 atom stereocenters. The molecule has 0 unspecified atom stereocenters. The Kier molecular flexibility index (Phi) is 5.95. The maximum Gasteiger partial charge on any atom is 0.256 e. The summed E-state index contributed by atoms with van der Waals surface area (Å²) in [5.74, 6) is -0.726. The van der Waals surface area contributed by atoms with Crippen molar-refractivity contribution < 1.29 is 14.3 Å². The number of anilines is 1. The Morgan fingerprint density at radius 2 is 2.03 bits per heavy atom. The molecule has 6 nitrogen and oxygen atoms in total. The van der Waals surface area contributed by atoms with E-state index in [4.69, 9.17) is 17.3 Å². The predicted molar refractivity (Wildman–Crippen MR) is 128 cm³/mol. The molecule has 1 amide bonds. The lowest BCUT2D eigenvalue weighted by Gasteiger charge is -2.23. The Morgan fingerprint density at radius 3 is 2.67 bits per heavy atom. The minimum Gasteiger partial charge on any atom is -0.398 e. The van der Waals surface area contributed by atoms with E-state index < -0.39 is 11.4 Å². The standard InChI is InChI=1S/C25H24ClFN4O2/c1-25(2,33)19-8-14(7-16(11-29-3)23(19)28)15-9-20(26)18(21(27)10-15)12-31-13-22-17(24(31)32)5-4-6-30-22/h4-11,33H,12-13,28H2,1-3H3. The van der Waals surface area contributed by atoms with Crippen molar-refractivity contribution in [2.75, 3.05) is 12.8 Å². The van der Waals surface area contributed by atoms with Crippen LogP contribution in [-0.4, -0.2) is 34.2 Å². The molecule has 0 radical (unpaired) electrons. The van der Waals surface area contributed by atoms with Gasteiger partial charge in [0.15, 0.2) is 0 Å². The van der Waals surface area contributed by atoms with E-state index >= 15 is 4.39 Å². The van der Waals surface area contributed by atoms with E-state index in [1.54, 1.807) is 63.6 Å². The Labute approximate surface area is 196 Å². The van der Waals surface area contributed by atoms with Crippen molar-refractivity contribution in [1.82, 2.24) is 9.88 Å². The van der Waals surface area contributed by atoms with Gasteiger partial charge in [-0.15, -0.1) is 0 Å². The van der Waals surface area contributed by atoms with Crippen LogP contribution in [0.5, 0.6) is 0 Å². The molecule has 1 aliphatic rings. The molecule has 0 spiro atoms. The molecule has 2 heterocycles. The minimum absolute atomic E-state index is 0.0323. The number of aromatic nitrogens is 1. The van der Waals surface area contributed by atoms with Crippen molar-refractivity contribution in [1.29, 1.82) is 0 Å². The van der Waals surface area contributed by atoms with Gasteiger partial charge < -0.3 is 15.7 Å². The minimum atomic E-state index is -1.21. The largest absolute Gasteiger partial charge is 0.398 e. The molecule has 170 valence electrons. The molecule has 0 saturated carbocycles. The predicted octanol–water partition coefficient (Wildman–Crippen LogP) is 4.56. The number of nitrogen functional groups attached to an aromatic ring is 1. The van der Waals surface area contributed by atoms with Crippen LogP contribution in [-0.2, 0) is 18.7 Å². The van der Waals surface area contributed by atoms with Gasteiger partial charge in [0.05, 0.1) is 29.9 Å². The highest BCUT2D eigenvalue weighted by atomic mass is 35.5. The molecule has 4 rings (SSSR count). The number of carbonyl (C=O) groups is 1. The number of nitrogens with two attached hydrogens (primary N) is 1. The van der Waals surface area contributed by atoms with Gasteiger partial charge in [-0.3, -0.25) is 14.8 Å². The van der Waals surface area contributed by atoms with Crippen molar-refractivity contribution in [2.45, 2.75) is 32.5 Å². The first-order valence-corrected chi connectivity index (χ1v) is 10.8. The molecule has 1 aromatic heterocycles. The summed E-state index contributed by atoms with van der Waals surface area (Å²) in [7, 11) is 1.62. The molecule has 33 heavy (non-hydrogen) atoms. The fourth-order valence-electron chi connectivity index (χ4n) is 4.02. The third-order valence-electron chi connectivity index (χ3n) is 5.71. The normalized spacial score (nSPS) is 13.8. The molecule has 3 N–H and O–H groups in total. The number of hydrogen-bond acceptors (Lipinski definition) is 5. The number of hydrogen-bond donors (Lipinski definition) is 2. The van der Waals surface area contributed by atoms with E-state index in [9.17, 15) is 9.90 Å². The van der Waals surface area contributed by atoms with E-state index in [1.807, 2.05) is 0 Å². The van der Waals surface area contributed by atoms with Gasteiger partial charge in [-0.05, 0) is 61.4 Å². The first kappa shape index (κ1) is 22.9. The second-order valence-corrected chi connectivity index (χ2v) is 8.96. The summed E-state index contributed by atoms with van der Waals surface area (Å²) in [6.07, 6.45) is 3.22. The van der Waals surface area contributed by atoms with E-state index in [1.165, 1.54) is 11.0 Å². The number of amides is 1. The molecule has 1 aliphatic heterocycles. The van der Waals surface area contributed by atoms with Crippen LogP contribution in [0.2, 0.25) is 5.02 Å². The van der Waals surface area contributed by atoms with Crippen molar-refractivity contribution >= 4 is 29.4 Å². The number of benzene rings is 2. The number of carbonyl (C=O) groups excluding carboxylic acids is 1. The van der Waals surface area contributed by atoms with Crippen molar-refractivity contribution in [3.63, 3.8) is 0 Å². The zero-order valence-corrected chi connectivity index (χ0v) is 19.3. The Balaban J connectivity index is 1.71. The fourth-order valence-corrected chi connectivity index (χ4v) is 4.28. The number of fused-ring (bicyclic) bond motifs is 1. The molecule has 0 fully saturated rings. The summed E-state index contributed by atoms with van der Waals surface area (Å²) in [6.45, 7) is 3.60. The van der Waals surface area contributed by atoms with Crippen LogP contribution < -0.4 is 5.73 Å². The molecule has 0 saturated heterocycles. The third-order valence-corrected chi connectivity index (χ3v) is 6.05. The van der Waals surface area contributed by atoms with Crippen molar-refractivity contribution in [3.8, 4) is 11.1 Å². The molecular weight excluding hydrogens is 443 g/mol. The fraction of sp³-hybridized carbons (Fsp3) is 0.240. The topological polar surface area (TPSA) is 91.8 Å². The Morgan fingerprint density at radius 1 is 1.30 bits per heavy atom. The third kappa shape index (κ3) is 4.34. The second-order valence-electron chi connectivity index (χ2n) is 8.55. The summed E-state index contributed by atoms with van der Waals surface area (Å²) >= 11 is 6.49. The summed E-state index contributed by atoms with van der Waals surface area (Å²) < 4.78 is 15.2. The summed E-state index contributed by atoms with van der Waals surface area (Å²) in [4.78, 5) is 22.4. The van der Waals surface area contributed by atoms with E-state index in [0.29, 0.717) is 45.7 Å². The van der Waals surface area contributed by atoms with Gasteiger partial charge in [0.1, 0.15) is 5.82 Å². The first-order chi connectivity index (χ1) is 15.6.